The monoisotopic (exact) mass is 447 g/mol. The number of hydrogen-bond donors (Lipinski definition) is 1. The smallest absolute Gasteiger partial charge is 0.309 e. The number of anilines is 1. The van der Waals surface area contributed by atoms with Gasteiger partial charge in [0, 0.05) is 18.5 Å². The number of nitrogens with zero attached hydrogens (tertiary/aromatic N) is 2. The normalized spacial score (nSPS) is 10.9. The molecule has 0 unspecified atom stereocenters. The quantitative estimate of drug-likeness (QED) is 0.397. The van der Waals surface area contributed by atoms with Gasteiger partial charge in [-0.15, -0.1) is 0 Å². The Morgan fingerprint density at radius 1 is 1.09 bits per heavy atom. The molecule has 2 aromatic carbocycles. The predicted octanol–water partition coefficient (Wildman–Crippen LogP) is 5.46. The number of nitrogens with one attached hydrogen (secondary N) is 1. The molecule has 0 atom stereocenters. The Hall–Kier alpha value is -4.20. The molecule has 4 aromatic rings. The summed E-state index contributed by atoms with van der Waals surface area (Å²) >= 11 is 0. The van der Waals surface area contributed by atoms with Gasteiger partial charge in [0.2, 0.25) is 11.8 Å². The summed E-state index contributed by atoms with van der Waals surface area (Å²) in [5.41, 5.74) is 2.59. The average molecular weight is 447 g/mol. The molecule has 8 heteroatoms. The average Bonchev–Trinajstić information content (AvgIpc) is 3.42. The van der Waals surface area contributed by atoms with Gasteiger partial charge in [0.15, 0.2) is 5.76 Å². The zero-order valence-corrected chi connectivity index (χ0v) is 18.3. The van der Waals surface area contributed by atoms with E-state index in [1.165, 1.54) is 30.0 Å². The minimum absolute atomic E-state index is 0.0986. The lowest BCUT2D eigenvalue weighted by molar-refractivity contribution is -0.132. The summed E-state index contributed by atoms with van der Waals surface area (Å²) in [7, 11) is 0. The van der Waals surface area contributed by atoms with Gasteiger partial charge in [0.25, 0.3) is 0 Å². The molecular weight excluding hydrogens is 425 g/mol. The van der Waals surface area contributed by atoms with Crippen molar-refractivity contribution in [2.75, 3.05) is 5.32 Å². The maximum absolute atomic E-state index is 14.0. The molecule has 1 N–H and O–H groups in total. The molecule has 0 aliphatic heterocycles. The first kappa shape index (κ1) is 22.0. The van der Waals surface area contributed by atoms with Crippen molar-refractivity contribution in [2.45, 2.75) is 20.8 Å². The van der Waals surface area contributed by atoms with Crippen molar-refractivity contribution in [3.63, 3.8) is 0 Å². The largest absolute Gasteiger partial charge is 0.463 e. The molecule has 0 radical (unpaired) electrons. The molecule has 0 spiro atoms. The van der Waals surface area contributed by atoms with Gasteiger partial charge in [0.1, 0.15) is 11.5 Å². The molecule has 7 nitrogen and oxygen atoms in total. The number of carbonyl (C=O) groups excluding carboxylic acids is 2. The van der Waals surface area contributed by atoms with E-state index in [4.69, 9.17) is 9.15 Å². The summed E-state index contributed by atoms with van der Waals surface area (Å²) in [5.74, 6) is -0.693. The summed E-state index contributed by atoms with van der Waals surface area (Å²) in [6, 6.07) is 16.3. The summed E-state index contributed by atoms with van der Waals surface area (Å²) in [4.78, 5) is 24.0. The van der Waals surface area contributed by atoms with E-state index in [9.17, 15) is 14.0 Å². The third kappa shape index (κ3) is 4.69. The summed E-state index contributed by atoms with van der Waals surface area (Å²) < 4.78 is 26.4. The zero-order valence-electron chi connectivity index (χ0n) is 18.3. The Kier molecular flexibility index (Phi) is 6.08. The van der Waals surface area contributed by atoms with Crippen molar-refractivity contribution in [3.8, 4) is 34.1 Å². The van der Waals surface area contributed by atoms with Crippen molar-refractivity contribution in [3.05, 3.63) is 72.7 Å². The second-order valence-corrected chi connectivity index (χ2v) is 7.71. The minimum Gasteiger partial charge on any atom is -0.463 e. The number of carbonyl (C=O) groups is 2. The fraction of sp³-hybridized carbons (Fsp3) is 0.160. The van der Waals surface area contributed by atoms with Gasteiger partial charge in [-0.25, -0.2) is 4.39 Å². The highest BCUT2D eigenvalue weighted by molar-refractivity contribution is 5.93. The number of ether oxygens (including phenoxy) is 1. The third-order valence-electron chi connectivity index (χ3n) is 4.86. The van der Waals surface area contributed by atoms with Crippen LogP contribution in [0.5, 0.6) is 5.88 Å². The van der Waals surface area contributed by atoms with Gasteiger partial charge in [-0.2, -0.15) is 9.78 Å². The number of benzene rings is 2. The molecular formula is C25H22FN3O4. The van der Waals surface area contributed by atoms with Crippen molar-refractivity contribution < 1.29 is 23.1 Å². The number of amides is 1. The SMILES string of the molecule is CC(=O)Oc1c(-c2ccc(NC(=O)C(C)C)cc2)c(-c2ccco2)nn1-c1cccc(F)c1. The van der Waals surface area contributed by atoms with Crippen molar-refractivity contribution >= 4 is 17.6 Å². The predicted molar refractivity (Wildman–Crippen MR) is 121 cm³/mol. The van der Waals surface area contributed by atoms with E-state index in [0.29, 0.717) is 34.0 Å². The van der Waals surface area contributed by atoms with Crippen LogP contribution >= 0.6 is 0 Å². The Balaban J connectivity index is 1.88. The van der Waals surface area contributed by atoms with Gasteiger partial charge in [0.05, 0.1) is 17.5 Å². The van der Waals surface area contributed by atoms with E-state index < -0.39 is 11.8 Å². The Bertz CT molecular complexity index is 1290. The second kappa shape index (κ2) is 9.12. The molecule has 0 fully saturated rings. The van der Waals surface area contributed by atoms with Crippen LogP contribution in [-0.2, 0) is 9.59 Å². The lowest BCUT2D eigenvalue weighted by atomic mass is 10.0. The number of hydrogen-bond acceptors (Lipinski definition) is 5. The van der Waals surface area contributed by atoms with Gasteiger partial charge in [-0.05, 0) is 48.0 Å². The topological polar surface area (TPSA) is 86.4 Å². The van der Waals surface area contributed by atoms with Crippen LogP contribution < -0.4 is 10.1 Å². The fourth-order valence-electron chi connectivity index (χ4n) is 3.27. The lowest BCUT2D eigenvalue weighted by Gasteiger charge is -2.11. The molecule has 0 bridgehead atoms. The van der Waals surface area contributed by atoms with Crippen LogP contribution in [-0.4, -0.2) is 21.7 Å². The van der Waals surface area contributed by atoms with Crippen LogP contribution in [0.4, 0.5) is 10.1 Å². The molecule has 0 aliphatic carbocycles. The fourth-order valence-corrected chi connectivity index (χ4v) is 3.27. The van der Waals surface area contributed by atoms with Crippen LogP contribution in [0, 0.1) is 11.7 Å². The molecule has 33 heavy (non-hydrogen) atoms. The summed E-state index contributed by atoms with van der Waals surface area (Å²) in [6.45, 7) is 4.90. The Labute approximate surface area is 189 Å². The summed E-state index contributed by atoms with van der Waals surface area (Å²) in [5, 5.41) is 7.44. The number of rotatable bonds is 6. The molecule has 2 heterocycles. The van der Waals surface area contributed by atoms with E-state index in [-0.39, 0.29) is 17.7 Å². The highest BCUT2D eigenvalue weighted by Gasteiger charge is 2.26. The van der Waals surface area contributed by atoms with E-state index in [2.05, 4.69) is 10.4 Å². The Morgan fingerprint density at radius 3 is 2.45 bits per heavy atom. The standard InChI is InChI=1S/C25H22FN3O4/c1-15(2)24(31)27-19-11-9-17(10-12-19)22-23(21-8-5-13-32-21)28-29(25(22)33-16(3)30)20-7-4-6-18(26)14-20/h4-15H,1-3H3,(H,27,31). The van der Waals surface area contributed by atoms with Crippen molar-refractivity contribution in [1.29, 1.82) is 0 Å². The van der Waals surface area contributed by atoms with Gasteiger partial charge < -0.3 is 14.5 Å². The number of aromatic nitrogens is 2. The zero-order chi connectivity index (χ0) is 23.5. The van der Waals surface area contributed by atoms with E-state index >= 15 is 0 Å². The first-order valence-corrected chi connectivity index (χ1v) is 10.4. The van der Waals surface area contributed by atoms with Gasteiger partial charge in [-0.1, -0.05) is 32.0 Å². The first-order chi connectivity index (χ1) is 15.8. The van der Waals surface area contributed by atoms with E-state index in [1.54, 1.807) is 48.5 Å². The third-order valence-corrected chi connectivity index (χ3v) is 4.86. The number of halogens is 1. The molecule has 0 aliphatic rings. The van der Waals surface area contributed by atoms with Crippen LogP contribution in [0.25, 0.3) is 28.3 Å². The highest BCUT2D eigenvalue weighted by atomic mass is 19.1. The molecule has 168 valence electrons. The minimum atomic E-state index is -0.555. The van der Waals surface area contributed by atoms with E-state index in [0.717, 1.165) is 0 Å². The second-order valence-electron chi connectivity index (χ2n) is 7.71. The number of furan rings is 1. The maximum atomic E-state index is 14.0. The van der Waals surface area contributed by atoms with Gasteiger partial charge in [-0.3, -0.25) is 9.59 Å². The maximum Gasteiger partial charge on any atom is 0.309 e. The highest BCUT2D eigenvalue weighted by Crippen LogP contribution is 2.41. The van der Waals surface area contributed by atoms with Crippen molar-refractivity contribution in [1.82, 2.24) is 9.78 Å². The van der Waals surface area contributed by atoms with Crippen LogP contribution in [0.2, 0.25) is 0 Å². The molecule has 2 aromatic heterocycles. The number of esters is 1. The van der Waals surface area contributed by atoms with Crippen LogP contribution in [0.1, 0.15) is 20.8 Å². The molecule has 0 saturated carbocycles. The van der Waals surface area contributed by atoms with Gasteiger partial charge >= 0.3 is 5.97 Å². The Morgan fingerprint density at radius 2 is 1.85 bits per heavy atom. The van der Waals surface area contributed by atoms with Crippen molar-refractivity contribution in [2.24, 2.45) is 5.92 Å². The van der Waals surface area contributed by atoms with Crippen LogP contribution in [0.15, 0.2) is 71.3 Å². The summed E-state index contributed by atoms with van der Waals surface area (Å²) in [6.07, 6.45) is 1.51. The molecule has 1 amide bonds. The molecule has 0 saturated heterocycles. The molecule has 4 rings (SSSR count). The van der Waals surface area contributed by atoms with E-state index in [1.807, 2.05) is 13.8 Å². The van der Waals surface area contributed by atoms with Crippen LogP contribution in [0.3, 0.4) is 0 Å². The first-order valence-electron chi connectivity index (χ1n) is 10.4. The lowest BCUT2D eigenvalue weighted by Crippen LogP contribution is -2.17.